The molecule has 0 saturated carbocycles. The van der Waals surface area contributed by atoms with Gasteiger partial charge in [-0.25, -0.2) is 4.79 Å². The smallest absolute Gasteiger partial charge is 0.340 e. The maximum absolute atomic E-state index is 11.5. The van der Waals surface area contributed by atoms with Crippen LogP contribution in [0.3, 0.4) is 0 Å². The van der Waals surface area contributed by atoms with Crippen molar-refractivity contribution >= 4 is 41.0 Å². The van der Waals surface area contributed by atoms with Crippen LogP contribution in [0.5, 0.6) is 0 Å². The van der Waals surface area contributed by atoms with E-state index in [1.807, 2.05) is 0 Å². The first kappa shape index (κ1) is 14.5. The summed E-state index contributed by atoms with van der Waals surface area (Å²) in [7, 11) is 1.25. The van der Waals surface area contributed by atoms with Gasteiger partial charge in [0.15, 0.2) is 0 Å². The third kappa shape index (κ3) is 3.24. The Morgan fingerprint density at radius 2 is 2.11 bits per heavy atom. The first-order chi connectivity index (χ1) is 8.51. The van der Waals surface area contributed by atoms with Gasteiger partial charge >= 0.3 is 5.97 Å². The number of benzene rings is 1. The number of carbonyl (C=O) groups is 1. The zero-order valence-corrected chi connectivity index (χ0v) is 11.3. The van der Waals surface area contributed by atoms with Crippen LogP contribution in [-0.2, 0) is 4.74 Å². The van der Waals surface area contributed by atoms with E-state index < -0.39 is 5.97 Å². The van der Waals surface area contributed by atoms with E-state index in [2.05, 4.69) is 9.89 Å². The van der Waals surface area contributed by atoms with Crippen LogP contribution < -0.4 is 0 Å². The Kier molecular flexibility index (Phi) is 5.19. The fourth-order valence-electron chi connectivity index (χ4n) is 1.23. The molecular weight excluding hydrogens is 277 g/mol. The van der Waals surface area contributed by atoms with Gasteiger partial charge < -0.3 is 9.94 Å². The Hall–Kier alpha value is -1.52. The molecule has 0 aliphatic heterocycles. The Morgan fingerprint density at radius 3 is 2.67 bits per heavy atom. The van der Waals surface area contributed by atoms with E-state index in [1.54, 1.807) is 31.2 Å². The molecule has 0 bridgehead atoms. The average Bonchev–Trinajstić information content (AvgIpc) is 2.37. The van der Waals surface area contributed by atoms with Crippen molar-refractivity contribution < 1.29 is 14.7 Å². The van der Waals surface area contributed by atoms with Gasteiger partial charge in [-0.05, 0) is 24.6 Å². The second-order valence-corrected chi connectivity index (χ2v) is 4.18. The van der Waals surface area contributed by atoms with Crippen LogP contribution in [0.15, 0.2) is 23.4 Å². The molecule has 0 saturated heterocycles. The maximum atomic E-state index is 11.5. The van der Waals surface area contributed by atoms with Gasteiger partial charge in [-0.15, -0.1) is 0 Å². The number of hydrogen-bond acceptors (Lipinski definition) is 4. The van der Waals surface area contributed by atoms with Gasteiger partial charge in [0.05, 0.1) is 28.4 Å². The molecule has 0 radical (unpaired) electrons. The van der Waals surface area contributed by atoms with Crippen molar-refractivity contribution in [3.63, 3.8) is 0 Å². The molecule has 1 aromatic rings. The number of hydrogen-bond donors (Lipinski definition) is 1. The summed E-state index contributed by atoms with van der Waals surface area (Å²) >= 11 is 12.0. The fraction of sp³-hybridized carbons (Fsp3) is 0.167. The number of rotatable bonds is 3. The number of allylic oxidation sites excluding steroid dienone is 1. The monoisotopic (exact) mass is 287 g/mol. The molecule has 0 heterocycles. The van der Waals surface area contributed by atoms with Crippen molar-refractivity contribution in [3.05, 3.63) is 39.4 Å². The van der Waals surface area contributed by atoms with Crippen LogP contribution in [-0.4, -0.2) is 24.0 Å². The van der Waals surface area contributed by atoms with Crippen molar-refractivity contribution in [2.45, 2.75) is 6.92 Å². The molecule has 0 aliphatic carbocycles. The topological polar surface area (TPSA) is 58.9 Å². The van der Waals surface area contributed by atoms with Gasteiger partial charge in [0.2, 0.25) is 0 Å². The lowest BCUT2D eigenvalue weighted by Gasteiger charge is -2.07. The summed E-state index contributed by atoms with van der Waals surface area (Å²) in [6.07, 6.45) is 3.16. The van der Waals surface area contributed by atoms with Gasteiger partial charge in [0, 0.05) is 0 Å². The highest BCUT2D eigenvalue weighted by Crippen LogP contribution is 2.29. The molecule has 4 nitrogen and oxygen atoms in total. The number of nitrogens with zero attached hydrogens (tertiary/aromatic N) is 1. The van der Waals surface area contributed by atoms with E-state index in [0.717, 1.165) is 0 Å². The molecule has 0 aromatic heterocycles. The van der Waals surface area contributed by atoms with Gasteiger partial charge in [-0.3, -0.25) is 0 Å². The lowest BCUT2D eigenvalue weighted by atomic mass is 10.1. The fourth-order valence-corrected chi connectivity index (χ4v) is 1.82. The third-order valence-corrected chi connectivity index (χ3v) is 2.89. The number of halogens is 2. The van der Waals surface area contributed by atoms with Crippen molar-refractivity contribution in [1.82, 2.24) is 0 Å². The quantitative estimate of drug-likeness (QED) is 0.400. The predicted octanol–water partition coefficient (Wildman–Crippen LogP) is 3.64. The molecular formula is C12H11Cl2NO3. The van der Waals surface area contributed by atoms with Gasteiger partial charge in [-0.2, -0.15) is 0 Å². The van der Waals surface area contributed by atoms with E-state index in [9.17, 15) is 4.79 Å². The summed E-state index contributed by atoms with van der Waals surface area (Å²) in [5.41, 5.74) is 1.09. The Labute approximate surface area is 114 Å². The van der Waals surface area contributed by atoms with E-state index in [0.29, 0.717) is 11.3 Å². The summed E-state index contributed by atoms with van der Waals surface area (Å²) in [6.45, 7) is 1.61. The molecule has 1 rings (SSSR count). The lowest BCUT2D eigenvalue weighted by Crippen LogP contribution is -2.04. The molecule has 96 valence electrons. The molecule has 18 heavy (non-hydrogen) atoms. The summed E-state index contributed by atoms with van der Waals surface area (Å²) < 4.78 is 4.60. The number of ether oxygens (including phenoxy) is 1. The summed E-state index contributed by atoms with van der Waals surface area (Å²) in [5, 5.41) is 11.9. The lowest BCUT2D eigenvalue weighted by molar-refractivity contribution is 0.0601. The SMILES string of the molecule is COC(=O)c1c(Cl)ccc(/C=C/C(C)=N/O)c1Cl. The molecule has 0 spiro atoms. The Bertz CT molecular complexity index is 524. The largest absolute Gasteiger partial charge is 0.465 e. The zero-order valence-electron chi connectivity index (χ0n) is 9.78. The molecule has 0 amide bonds. The van der Waals surface area contributed by atoms with Crippen LogP contribution in [0.4, 0.5) is 0 Å². The molecule has 0 fully saturated rings. The highest BCUT2D eigenvalue weighted by atomic mass is 35.5. The summed E-state index contributed by atoms with van der Waals surface area (Å²) in [6, 6.07) is 3.20. The average molecular weight is 288 g/mol. The Balaban J connectivity index is 3.25. The minimum atomic E-state index is -0.604. The second kappa shape index (κ2) is 6.42. The summed E-state index contributed by atoms with van der Waals surface area (Å²) in [5.74, 6) is -0.604. The molecule has 0 atom stereocenters. The normalized spacial score (nSPS) is 11.9. The minimum Gasteiger partial charge on any atom is -0.465 e. The van der Waals surface area contributed by atoms with Crippen molar-refractivity contribution in [1.29, 1.82) is 0 Å². The van der Waals surface area contributed by atoms with Crippen LogP contribution in [0.1, 0.15) is 22.8 Å². The molecule has 1 N–H and O–H groups in total. The molecule has 1 aromatic carbocycles. The third-order valence-electron chi connectivity index (χ3n) is 2.17. The standard InChI is InChI=1S/C12H11Cl2NO3/c1-7(15-17)3-4-8-5-6-9(13)10(11(8)14)12(16)18-2/h3-6,17H,1-2H3/b4-3+,15-7+. The van der Waals surface area contributed by atoms with Crippen LogP contribution in [0.2, 0.25) is 10.0 Å². The van der Waals surface area contributed by atoms with E-state index >= 15 is 0 Å². The highest BCUT2D eigenvalue weighted by Gasteiger charge is 2.17. The van der Waals surface area contributed by atoms with Crippen LogP contribution >= 0.6 is 23.2 Å². The predicted molar refractivity (Wildman–Crippen MR) is 71.7 cm³/mol. The molecule has 0 unspecified atom stereocenters. The highest BCUT2D eigenvalue weighted by molar-refractivity contribution is 6.40. The first-order valence-corrected chi connectivity index (χ1v) is 5.70. The molecule has 6 heteroatoms. The van der Waals surface area contributed by atoms with E-state index in [1.165, 1.54) is 7.11 Å². The van der Waals surface area contributed by atoms with E-state index in [4.69, 9.17) is 28.4 Å². The first-order valence-electron chi connectivity index (χ1n) is 4.94. The number of esters is 1. The van der Waals surface area contributed by atoms with Crippen LogP contribution in [0, 0.1) is 0 Å². The molecule has 0 aliphatic rings. The number of carbonyl (C=O) groups excluding carboxylic acids is 1. The van der Waals surface area contributed by atoms with E-state index in [-0.39, 0.29) is 15.6 Å². The van der Waals surface area contributed by atoms with Gasteiger partial charge in [-0.1, -0.05) is 40.5 Å². The van der Waals surface area contributed by atoms with Gasteiger partial charge in [0.25, 0.3) is 0 Å². The number of methoxy groups -OCH3 is 1. The van der Waals surface area contributed by atoms with Crippen LogP contribution in [0.25, 0.3) is 6.08 Å². The number of oxime groups is 1. The van der Waals surface area contributed by atoms with Crippen molar-refractivity contribution in [2.24, 2.45) is 5.16 Å². The minimum absolute atomic E-state index is 0.113. The maximum Gasteiger partial charge on any atom is 0.340 e. The summed E-state index contributed by atoms with van der Waals surface area (Å²) in [4.78, 5) is 11.5. The van der Waals surface area contributed by atoms with Crippen molar-refractivity contribution in [3.8, 4) is 0 Å². The zero-order chi connectivity index (χ0) is 13.7. The van der Waals surface area contributed by atoms with Gasteiger partial charge in [0.1, 0.15) is 0 Å². The van der Waals surface area contributed by atoms with Crippen molar-refractivity contribution in [2.75, 3.05) is 7.11 Å². The Morgan fingerprint density at radius 1 is 1.44 bits per heavy atom. The second-order valence-electron chi connectivity index (χ2n) is 3.39.